The van der Waals surface area contributed by atoms with E-state index in [1.54, 1.807) is 0 Å². The minimum atomic E-state index is 0.122. The Kier molecular flexibility index (Phi) is 7.94. The van der Waals surface area contributed by atoms with Crippen molar-refractivity contribution < 1.29 is 9.59 Å². The normalized spacial score (nSPS) is 20.9. The Hall–Kier alpha value is -0.900. The highest BCUT2D eigenvalue weighted by Crippen LogP contribution is 2.24. The number of nitrogens with one attached hydrogen (secondary N) is 1. The number of likely N-dealkylation sites (tertiary alicyclic amines) is 1. The summed E-state index contributed by atoms with van der Waals surface area (Å²) < 4.78 is 0. The summed E-state index contributed by atoms with van der Waals surface area (Å²) >= 11 is 0. The highest BCUT2D eigenvalue weighted by atomic mass is 16.2. The molecule has 0 atom stereocenters. The highest BCUT2D eigenvalue weighted by molar-refractivity contribution is 5.83. The zero-order valence-corrected chi connectivity index (χ0v) is 14.2. The fraction of sp³-hybridized carbons (Fsp3) is 0.882. The molecule has 122 valence electrons. The van der Waals surface area contributed by atoms with Gasteiger partial charge in [0.1, 0.15) is 5.78 Å². The van der Waals surface area contributed by atoms with Gasteiger partial charge in [-0.3, -0.25) is 9.59 Å². The Morgan fingerprint density at radius 1 is 0.952 bits per heavy atom. The number of carbonyl (C=O) groups is 2. The van der Waals surface area contributed by atoms with Crippen LogP contribution in [0.4, 0.5) is 0 Å². The van der Waals surface area contributed by atoms with E-state index in [9.17, 15) is 9.59 Å². The van der Waals surface area contributed by atoms with Crippen molar-refractivity contribution in [2.75, 3.05) is 26.2 Å². The molecule has 2 aliphatic rings. The van der Waals surface area contributed by atoms with Crippen molar-refractivity contribution in [3.8, 4) is 0 Å². The molecular formula is C17H32N2O2. The molecule has 4 heteroatoms. The molecule has 0 bridgehead atoms. The number of carbonyl (C=O) groups excluding carboxylic acids is 2. The van der Waals surface area contributed by atoms with Gasteiger partial charge in [0, 0.05) is 30.8 Å². The number of hydrogen-bond acceptors (Lipinski definition) is 3. The summed E-state index contributed by atoms with van der Waals surface area (Å²) in [7, 11) is 0. The molecule has 2 fully saturated rings. The Morgan fingerprint density at radius 3 is 1.95 bits per heavy atom. The lowest BCUT2D eigenvalue weighted by Gasteiger charge is -2.35. The van der Waals surface area contributed by atoms with E-state index in [0.717, 1.165) is 51.9 Å². The van der Waals surface area contributed by atoms with E-state index < -0.39 is 0 Å². The molecule has 1 N–H and O–H groups in total. The van der Waals surface area contributed by atoms with Gasteiger partial charge in [-0.1, -0.05) is 27.7 Å². The van der Waals surface area contributed by atoms with Crippen LogP contribution in [0.3, 0.4) is 0 Å². The van der Waals surface area contributed by atoms with Crippen molar-refractivity contribution >= 4 is 11.7 Å². The Bertz CT molecular complexity index is 328. The van der Waals surface area contributed by atoms with Gasteiger partial charge in [-0.25, -0.2) is 0 Å². The second-order valence-electron chi connectivity index (χ2n) is 6.18. The van der Waals surface area contributed by atoms with Crippen LogP contribution in [-0.4, -0.2) is 42.8 Å². The molecule has 4 nitrogen and oxygen atoms in total. The molecule has 2 aliphatic heterocycles. The maximum absolute atomic E-state index is 12.4. The smallest absolute Gasteiger partial charge is 0.225 e. The van der Waals surface area contributed by atoms with Crippen LogP contribution in [0.15, 0.2) is 0 Å². The number of hydrogen-bond donors (Lipinski definition) is 1. The van der Waals surface area contributed by atoms with Crippen LogP contribution in [-0.2, 0) is 9.59 Å². The lowest BCUT2D eigenvalue weighted by molar-refractivity contribution is -0.140. The van der Waals surface area contributed by atoms with E-state index in [0.29, 0.717) is 11.7 Å². The molecule has 0 unspecified atom stereocenters. The average molecular weight is 296 g/mol. The van der Waals surface area contributed by atoms with Gasteiger partial charge in [-0.15, -0.1) is 0 Å². The van der Waals surface area contributed by atoms with Crippen molar-refractivity contribution in [1.82, 2.24) is 10.2 Å². The van der Waals surface area contributed by atoms with Gasteiger partial charge in [-0.05, 0) is 38.8 Å². The molecule has 1 amide bonds. The number of Topliss-reactive ketones (excluding diaryl/α,β-unsaturated/α-hetero) is 1. The zero-order chi connectivity index (χ0) is 15.8. The molecule has 2 heterocycles. The third kappa shape index (κ3) is 5.10. The van der Waals surface area contributed by atoms with Gasteiger partial charge >= 0.3 is 0 Å². The van der Waals surface area contributed by atoms with Gasteiger partial charge in [0.05, 0.1) is 0 Å². The molecule has 0 aromatic carbocycles. The highest BCUT2D eigenvalue weighted by Gasteiger charge is 2.31. The first-order valence-corrected chi connectivity index (χ1v) is 8.63. The molecule has 0 aliphatic carbocycles. The van der Waals surface area contributed by atoms with Gasteiger partial charge < -0.3 is 10.2 Å². The van der Waals surface area contributed by atoms with E-state index in [4.69, 9.17) is 0 Å². The maximum Gasteiger partial charge on any atom is 0.225 e. The molecule has 2 saturated heterocycles. The Morgan fingerprint density at radius 2 is 1.48 bits per heavy atom. The summed E-state index contributed by atoms with van der Waals surface area (Å²) in [5, 5.41) is 3.29. The van der Waals surface area contributed by atoms with Gasteiger partial charge in [0.15, 0.2) is 0 Å². The van der Waals surface area contributed by atoms with Crippen molar-refractivity contribution in [2.24, 2.45) is 17.8 Å². The molecule has 0 aromatic heterocycles. The first-order valence-electron chi connectivity index (χ1n) is 8.63. The van der Waals surface area contributed by atoms with Gasteiger partial charge in [0.25, 0.3) is 0 Å². The maximum atomic E-state index is 12.4. The third-order valence-corrected chi connectivity index (χ3v) is 4.47. The molecule has 2 rings (SSSR count). The number of amides is 1. The Balaban J connectivity index is 0.00000106. The number of piperidine rings is 2. The van der Waals surface area contributed by atoms with E-state index in [1.807, 2.05) is 32.6 Å². The Labute approximate surface area is 129 Å². The van der Waals surface area contributed by atoms with E-state index in [2.05, 4.69) is 5.32 Å². The number of rotatable bonds is 3. The van der Waals surface area contributed by atoms with E-state index in [-0.39, 0.29) is 17.8 Å². The predicted molar refractivity (Wildman–Crippen MR) is 86.1 cm³/mol. The summed E-state index contributed by atoms with van der Waals surface area (Å²) in [6, 6.07) is 0. The topological polar surface area (TPSA) is 49.4 Å². The van der Waals surface area contributed by atoms with Crippen LogP contribution in [0.1, 0.15) is 53.4 Å². The first-order chi connectivity index (χ1) is 10.1. The summed E-state index contributed by atoms with van der Waals surface area (Å²) in [6.07, 6.45) is 3.63. The van der Waals surface area contributed by atoms with E-state index in [1.165, 1.54) is 0 Å². The van der Waals surface area contributed by atoms with Gasteiger partial charge in [-0.2, -0.15) is 0 Å². The molecule has 21 heavy (non-hydrogen) atoms. The van der Waals surface area contributed by atoms with Crippen molar-refractivity contribution in [2.45, 2.75) is 53.4 Å². The summed E-state index contributed by atoms with van der Waals surface area (Å²) in [5.41, 5.74) is 0. The van der Waals surface area contributed by atoms with Crippen LogP contribution in [0.2, 0.25) is 0 Å². The van der Waals surface area contributed by atoms with Crippen molar-refractivity contribution in [1.29, 1.82) is 0 Å². The number of ketones is 1. The lowest BCUT2D eigenvalue weighted by atomic mass is 9.86. The number of nitrogens with zero attached hydrogens (tertiary/aromatic N) is 1. The monoisotopic (exact) mass is 296 g/mol. The van der Waals surface area contributed by atoms with Crippen LogP contribution < -0.4 is 5.32 Å². The fourth-order valence-electron chi connectivity index (χ4n) is 3.18. The molecule has 0 spiro atoms. The van der Waals surface area contributed by atoms with Crippen LogP contribution in [0, 0.1) is 17.8 Å². The van der Waals surface area contributed by atoms with Crippen LogP contribution >= 0.6 is 0 Å². The van der Waals surface area contributed by atoms with Gasteiger partial charge in [0.2, 0.25) is 5.91 Å². The molecular weight excluding hydrogens is 264 g/mol. The van der Waals surface area contributed by atoms with Crippen molar-refractivity contribution in [3.05, 3.63) is 0 Å². The van der Waals surface area contributed by atoms with Crippen LogP contribution in [0.5, 0.6) is 0 Å². The fourth-order valence-corrected chi connectivity index (χ4v) is 3.18. The summed E-state index contributed by atoms with van der Waals surface area (Å²) in [5.74, 6) is 1.19. The van der Waals surface area contributed by atoms with Crippen LogP contribution in [0.25, 0.3) is 0 Å². The quantitative estimate of drug-likeness (QED) is 0.870. The second-order valence-corrected chi connectivity index (χ2v) is 6.18. The first kappa shape index (κ1) is 18.1. The lowest BCUT2D eigenvalue weighted by Crippen LogP contribution is -2.45. The summed E-state index contributed by atoms with van der Waals surface area (Å²) in [4.78, 5) is 26.3. The molecule has 0 aromatic rings. The minimum Gasteiger partial charge on any atom is -0.342 e. The zero-order valence-electron chi connectivity index (χ0n) is 14.2. The predicted octanol–water partition coefficient (Wildman–Crippen LogP) is 2.48. The van der Waals surface area contributed by atoms with E-state index >= 15 is 0 Å². The standard InChI is InChI=1S/C15H26N2O2.C2H6/c1-11(2)14(18)12-5-9-17(10-6-12)15(19)13-3-7-16-8-4-13;1-2/h11-13,16H,3-10H2,1-2H3;1-2H3. The summed E-state index contributed by atoms with van der Waals surface area (Å²) in [6.45, 7) is 11.4. The second kappa shape index (κ2) is 9.19. The third-order valence-electron chi connectivity index (χ3n) is 4.47. The van der Waals surface area contributed by atoms with Crippen molar-refractivity contribution in [3.63, 3.8) is 0 Å². The minimum absolute atomic E-state index is 0.122. The molecule has 0 saturated carbocycles. The SMILES string of the molecule is CC.CC(C)C(=O)C1CCN(C(=O)C2CCNCC2)CC1. The molecule has 0 radical (unpaired) electrons. The largest absolute Gasteiger partial charge is 0.342 e. The average Bonchev–Trinajstić information content (AvgIpc) is 2.56.